The Bertz CT molecular complexity index is 910. The van der Waals surface area contributed by atoms with Gasteiger partial charge in [-0.3, -0.25) is 4.98 Å². The van der Waals surface area contributed by atoms with Crippen molar-refractivity contribution in [1.29, 1.82) is 0 Å². The molecule has 1 aromatic carbocycles. The summed E-state index contributed by atoms with van der Waals surface area (Å²) in [5, 5.41) is 3.76. The summed E-state index contributed by atoms with van der Waals surface area (Å²) in [5.41, 5.74) is -0.666. The Morgan fingerprint density at radius 2 is 1.72 bits per heavy atom. The number of alkyl halides is 6. The van der Waals surface area contributed by atoms with Gasteiger partial charge < -0.3 is 0 Å². The third-order valence-corrected chi connectivity index (χ3v) is 3.90. The second kappa shape index (κ2) is 5.75. The summed E-state index contributed by atoms with van der Waals surface area (Å²) in [6.07, 6.45) is -5.64. The minimum atomic E-state index is -4.56. The fraction of sp³-hybridized carbons (Fsp3) is 0.250. The lowest BCUT2D eigenvalue weighted by atomic mass is 10.0. The van der Waals surface area contributed by atoms with Gasteiger partial charge in [-0.2, -0.15) is 31.4 Å². The average molecular weight is 359 g/mol. The number of benzene rings is 1. The number of rotatable bonds is 2. The van der Waals surface area contributed by atoms with E-state index in [1.165, 1.54) is 24.4 Å². The molecule has 0 N–H and O–H groups in total. The van der Waals surface area contributed by atoms with Crippen molar-refractivity contribution in [2.45, 2.75) is 25.2 Å². The molecule has 9 heteroatoms. The molecule has 0 saturated carbocycles. The Labute approximate surface area is 137 Å². The number of pyridine rings is 1. The van der Waals surface area contributed by atoms with Gasteiger partial charge in [0.1, 0.15) is 0 Å². The van der Waals surface area contributed by atoms with Gasteiger partial charge in [0.25, 0.3) is 0 Å². The molecule has 0 aliphatic heterocycles. The van der Waals surface area contributed by atoms with Gasteiger partial charge >= 0.3 is 12.4 Å². The third kappa shape index (κ3) is 3.18. The van der Waals surface area contributed by atoms with Crippen molar-refractivity contribution in [3.05, 3.63) is 54.0 Å². The van der Waals surface area contributed by atoms with Crippen LogP contribution in [-0.2, 0) is 6.18 Å². The Morgan fingerprint density at radius 1 is 1.00 bits per heavy atom. The molecule has 0 fully saturated rings. The molecule has 3 aromatic rings. The van der Waals surface area contributed by atoms with Crippen LogP contribution in [0.25, 0.3) is 16.6 Å². The molecule has 0 aliphatic rings. The van der Waals surface area contributed by atoms with Crippen molar-refractivity contribution < 1.29 is 26.3 Å². The first-order valence-electron chi connectivity index (χ1n) is 7.15. The fourth-order valence-electron chi connectivity index (χ4n) is 2.49. The molecule has 1 atom stereocenters. The second-order valence-corrected chi connectivity index (χ2v) is 5.53. The second-order valence-electron chi connectivity index (χ2n) is 5.53. The maximum atomic E-state index is 13.1. The molecular formula is C16H11F6N3. The summed E-state index contributed by atoms with van der Waals surface area (Å²) in [5.74, 6) is -1.76. The lowest BCUT2D eigenvalue weighted by Gasteiger charge is -2.16. The lowest BCUT2D eigenvalue weighted by molar-refractivity contribution is -0.146. The Morgan fingerprint density at radius 3 is 2.36 bits per heavy atom. The fourth-order valence-corrected chi connectivity index (χ4v) is 2.49. The first kappa shape index (κ1) is 17.2. The van der Waals surface area contributed by atoms with Crippen LogP contribution in [0.15, 0.2) is 42.9 Å². The van der Waals surface area contributed by atoms with Gasteiger partial charge in [0, 0.05) is 11.6 Å². The van der Waals surface area contributed by atoms with E-state index in [2.05, 4.69) is 10.1 Å². The van der Waals surface area contributed by atoms with E-state index in [4.69, 9.17) is 0 Å². The highest BCUT2D eigenvalue weighted by Crippen LogP contribution is 2.36. The van der Waals surface area contributed by atoms with Crippen LogP contribution in [0.5, 0.6) is 0 Å². The van der Waals surface area contributed by atoms with Crippen molar-refractivity contribution in [2.24, 2.45) is 0 Å². The van der Waals surface area contributed by atoms with Gasteiger partial charge in [-0.05, 0) is 30.7 Å². The zero-order chi connectivity index (χ0) is 18.4. The molecule has 3 nitrogen and oxygen atoms in total. The van der Waals surface area contributed by atoms with Crippen LogP contribution in [-0.4, -0.2) is 20.9 Å². The SMILES string of the molecule is CC(c1cncc(-n2ncc3c(C(F)(F)F)cccc32)c1)C(F)(F)F. The Hall–Kier alpha value is -2.58. The summed E-state index contributed by atoms with van der Waals surface area (Å²) in [6, 6.07) is 4.78. The average Bonchev–Trinajstić information content (AvgIpc) is 2.96. The number of hydrogen-bond donors (Lipinski definition) is 0. The minimum absolute atomic E-state index is 0.0966. The van der Waals surface area contributed by atoms with E-state index in [0.717, 1.165) is 30.1 Å². The molecule has 0 radical (unpaired) electrons. The lowest BCUT2D eigenvalue weighted by Crippen LogP contribution is -2.18. The molecule has 0 bridgehead atoms. The molecule has 0 spiro atoms. The first-order chi connectivity index (χ1) is 11.6. The third-order valence-electron chi connectivity index (χ3n) is 3.90. The van der Waals surface area contributed by atoms with Crippen LogP contribution in [0.4, 0.5) is 26.3 Å². The zero-order valence-corrected chi connectivity index (χ0v) is 12.7. The van der Waals surface area contributed by atoms with Crippen molar-refractivity contribution in [2.75, 3.05) is 0 Å². The van der Waals surface area contributed by atoms with Crippen LogP contribution in [0.1, 0.15) is 24.0 Å². The normalized spacial score (nSPS) is 14.0. The summed E-state index contributed by atoms with van der Waals surface area (Å²) in [7, 11) is 0. The van der Waals surface area contributed by atoms with Gasteiger partial charge in [-0.15, -0.1) is 0 Å². The molecule has 0 aliphatic carbocycles. The standard InChI is InChI=1S/C16H11F6N3/c1-9(15(17,18)19)10-5-11(7-23-6-10)25-14-4-2-3-13(16(20,21)22)12(14)8-24-25/h2-9H,1H3. The quantitative estimate of drug-likeness (QED) is 0.596. The highest BCUT2D eigenvalue weighted by Gasteiger charge is 2.37. The van der Waals surface area contributed by atoms with Crippen LogP contribution < -0.4 is 0 Å². The van der Waals surface area contributed by atoms with Gasteiger partial charge in [-0.1, -0.05) is 6.07 Å². The molecule has 25 heavy (non-hydrogen) atoms. The van der Waals surface area contributed by atoms with Gasteiger partial charge in [-0.25, -0.2) is 4.68 Å². The summed E-state index contributed by atoms with van der Waals surface area (Å²) < 4.78 is 78.9. The minimum Gasteiger partial charge on any atom is -0.262 e. The van der Waals surface area contributed by atoms with Crippen molar-refractivity contribution in [3.63, 3.8) is 0 Å². The van der Waals surface area contributed by atoms with Gasteiger partial charge in [0.2, 0.25) is 0 Å². The predicted molar refractivity (Wildman–Crippen MR) is 78.3 cm³/mol. The smallest absolute Gasteiger partial charge is 0.262 e. The van der Waals surface area contributed by atoms with E-state index in [-0.39, 0.29) is 22.2 Å². The molecular weight excluding hydrogens is 348 g/mol. The van der Waals surface area contributed by atoms with Crippen LogP contribution in [0, 0.1) is 0 Å². The predicted octanol–water partition coefficient (Wildman–Crippen LogP) is 5.11. The maximum absolute atomic E-state index is 13.1. The summed E-state index contributed by atoms with van der Waals surface area (Å²) >= 11 is 0. The van der Waals surface area contributed by atoms with Crippen LogP contribution in [0.3, 0.4) is 0 Å². The van der Waals surface area contributed by atoms with E-state index >= 15 is 0 Å². The monoisotopic (exact) mass is 359 g/mol. The van der Waals surface area contributed by atoms with Crippen molar-refractivity contribution in [3.8, 4) is 5.69 Å². The van der Waals surface area contributed by atoms with Gasteiger partial charge in [0.15, 0.2) is 0 Å². The van der Waals surface area contributed by atoms with Crippen molar-refractivity contribution in [1.82, 2.24) is 14.8 Å². The van der Waals surface area contributed by atoms with Crippen molar-refractivity contribution >= 4 is 10.9 Å². The van der Waals surface area contributed by atoms with E-state index in [1.54, 1.807) is 0 Å². The molecule has 3 rings (SSSR count). The largest absolute Gasteiger partial charge is 0.417 e. The number of hydrogen-bond acceptors (Lipinski definition) is 2. The maximum Gasteiger partial charge on any atom is 0.417 e. The van der Waals surface area contributed by atoms with E-state index in [0.29, 0.717) is 0 Å². The zero-order valence-electron chi connectivity index (χ0n) is 12.7. The Kier molecular flexibility index (Phi) is 3.97. The highest BCUT2D eigenvalue weighted by atomic mass is 19.4. The molecule has 1 unspecified atom stereocenters. The molecule has 0 saturated heterocycles. The highest BCUT2D eigenvalue weighted by molar-refractivity contribution is 5.84. The number of fused-ring (bicyclic) bond motifs is 1. The summed E-state index contributed by atoms with van der Waals surface area (Å²) in [4.78, 5) is 3.77. The molecule has 132 valence electrons. The summed E-state index contributed by atoms with van der Waals surface area (Å²) in [6.45, 7) is 0.990. The first-order valence-corrected chi connectivity index (χ1v) is 7.15. The van der Waals surface area contributed by atoms with E-state index in [1.807, 2.05) is 0 Å². The molecule has 0 amide bonds. The number of aromatic nitrogens is 3. The number of nitrogens with zero attached hydrogens (tertiary/aromatic N) is 3. The molecule has 2 aromatic heterocycles. The van der Waals surface area contributed by atoms with Crippen LogP contribution >= 0.6 is 0 Å². The van der Waals surface area contributed by atoms with Crippen LogP contribution in [0.2, 0.25) is 0 Å². The van der Waals surface area contributed by atoms with E-state index in [9.17, 15) is 26.3 Å². The molecule has 2 heterocycles. The van der Waals surface area contributed by atoms with Gasteiger partial charge in [0.05, 0.1) is 35.1 Å². The number of halogens is 6. The topological polar surface area (TPSA) is 30.7 Å². The van der Waals surface area contributed by atoms with E-state index < -0.39 is 23.8 Å². The Balaban J connectivity index is 2.12.